The summed E-state index contributed by atoms with van der Waals surface area (Å²) >= 11 is 6.00. The maximum atomic E-state index is 6.00. The average Bonchev–Trinajstić information content (AvgIpc) is 2.88. The highest BCUT2D eigenvalue weighted by Gasteiger charge is 2.24. The molecule has 1 aliphatic carbocycles. The second-order valence-electron chi connectivity index (χ2n) is 5.69. The minimum Gasteiger partial charge on any atom is -0.399 e. The van der Waals surface area contributed by atoms with Crippen LogP contribution in [0.15, 0.2) is 22.7 Å². The molecule has 1 saturated carbocycles. The lowest BCUT2D eigenvalue weighted by Crippen LogP contribution is -2.11. The third kappa shape index (κ3) is 2.80. The van der Waals surface area contributed by atoms with Gasteiger partial charge >= 0.3 is 0 Å². The second kappa shape index (κ2) is 5.44. The molecule has 1 aromatic carbocycles. The van der Waals surface area contributed by atoms with Crippen LogP contribution in [0.3, 0.4) is 0 Å². The fourth-order valence-corrected chi connectivity index (χ4v) is 3.02. The highest BCUT2D eigenvalue weighted by atomic mass is 35.5. The molecular formula is C15H18ClN3O. The Balaban J connectivity index is 1.83. The first kappa shape index (κ1) is 13.4. The summed E-state index contributed by atoms with van der Waals surface area (Å²) in [5, 5.41) is 4.71. The molecule has 1 heterocycles. The Morgan fingerprint density at radius 3 is 2.65 bits per heavy atom. The number of nitrogen functional groups attached to an aromatic ring is 1. The molecule has 20 heavy (non-hydrogen) atoms. The van der Waals surface area contributed by atoms with E-state index in [1.807, 2.05) is 0 Å². The molecule has 0 aliphatic heterocycles. The van der Waals surface area contributed by atoms with Crippen molar-refractivity contribution in [3.05, 3.63) is 29.0 Å². The van der Waals surface area contributed by atoms with Gasteiger partial charge in [-0.2, -0.15) is 4.98 Å². The molecule has 106 valence electrons. The van der Waals surface area contributed by atoms with Gasteiger partial charge in [0.05, 0.1) is 0 Å². The number of rotatable bonds is 2. The average molecular weight is 292 g/mol. The van der Waals surface area contributed by atoms with E-state index < -0.39 is 0 Å². The predicted octanol–water partition coefficient (Wildman–Crippen LogP) is 4.27. The van der Waals surface area contributed by atoms with Crippen molar-refractivity contribution >= 4 is 17.3 Å². The van der Waals surface area contributed by atoms with E-state index in [2.05, 4.69) is 17.1 Å². The topological polar surface area (TPSA) is 64.9 Å². The van der Waals surface area contributed by atoms with Crippen molar-refractivity contribution in [1.82, 2.24) is 10.1 Å². The van der Waals surface area contributed by atoms with Gasteiger partial charge in [-0.3, -0.25) is 0 Å². The lowest BCUT2D eigenvalue weighted by atomic mass is 9.83. The van der Waals surface area contributed by atoms with Crippen LogP contribution in [0.1, 0.15) is 44.3 Å². The van der Waals surface area contributed by atoms with Gasteiger partial charge in [-0.05, 0) is 37.0 Å². The first-order chi connectivity index (χ1) is 9.61. The molecule has 0 radical (unpaired) electrons. The lowest BCUT2D eigenvalue weighted by molar-refractivity contribution is 0.329. The lowest BCUT2D eigenvalue weighted by Gasteiger charge is -2.23. The van der Waals surface area contributed by atoms with Crippen LogP contribution >= 0.6 is 11.6 Å². The zero-order valence-corrected chi connectivity index (χ0v) is 12.2. The molecule has 0 saturated heterocycles. The number of aromatic nitrogens is 2. The number of halogens is 1. The maximum absolute atomic E-state index is 6.00. The van der Waals surface area contributed by atoms with Gasteiger partial charge in [0.25, 0.3) is 5.89 Å². The van der Waals surface area contributed by atoms with Gasteiger partial charge in [-0.1, -0.05) is 36.5 Å². The fourth-order valence-electron chi connectivity index (χ4n) is 2.77. The smallest absolute Gasteiger partial charge is 0.258 e. The first-order valence-corrected chi connectivity index (χ1v) is 7.39. The van der Waals surface area contributed by atoms with Gasteiger partial charge < -0.3 is 10.3 Å². The number of hydrogen-bond acceptors (Lipinski definition) is 4. The monoisotopic (exact) mass is 291 g/mol. The fraction of sp³-hybridized carbons (Fsp3) is 0.467. The van der Waals surface area contributed by atoms with Crippen LogP contribution in [0, 0.1) is 5.92 Å². The molecule has 0 unspecified atom stereocenters. The molecule has 3 rings (SSSR count). The Hall–Kier alpha value is -1.55. The molecule has 5 heteroatoms. The number of nitrogens with zero attached hydrogens (tertiary/aromatic N) is 2. The Morgan fingerprint density at radius 2 is 1.95 bits per heavy atom. The predicted molar refractivity (Wildman–Crippen MR) is 79.5 cm³/mol. The summed E-state index contributed by atoms with van der Waals surface area (Å²) < 4.78 is 5.37. The van der Waals surface area contributed by atoms with E-state index in [1.165, 1.54) is 12.8 Å². The normalized spacial score (nSPS) is 22.9. The van der Waals surface area contributed by atoms with E-state index >= 15 is 0 Å². The molecule has 2 aromatic rings. The third-order valence-electron chi connectivity index (χ3n) is 3.99. The van der Waals surface area contributed by atoms with Crippen molar-refractivity contribution in [2.45, 2.75) is 38.5 Å². The Bertz CT molecular complexity index is 583. The van der Waals surface area contributed by atoms with Gasteiger partial charge in [0.2, 0.25) is 0 Å². The van der Waals surface area contributed by atoms with Crippen LogP contribution in [-0.4, -0.2) is 10.1 Å². The summed E-state index contributed by atoms with van der Waals surface area (Å²) in [6.07, 6.45) is 4.74. The minimum atomic E-state index is 0.417. The highest BCUT2D eigenvalue weighted by Crippen LogP contribution is 2.35. The molecule has 1 aromatic heterocycles. The van der Waals surface area contributed by atoms with Crippen molar-refractivity contribution < 1.29 is 4.52 Å². The van der Waals surface area contributed by atoms with Crippen molar-refractivity contribution in [1.29, 1.82) is 0 Å². The SMILES string of the molecule is CC1CCC(c2noc(-c3cc(N)cc(Cl)c3)n2)CC1. The molecule has 1 aliphatic rings. The molecular weight excluding hydrogens is 274 g/mol. The summed E-state index contributed by atoms with van der Waals surface area (Å²) in [6.45, 7) is 2.30. The van der Waals surface area contributed by atoms with Crippen LogP contribution in [-0.2, 0) is 0 Å². The van der Waals surface area contributed by atoms with E-state index in [4.69, 9.17) is 21.9 Å². The summed E-state index contributed by atoms with van der Waals surface area (Å²) in [5.41, 5.74) is 7.16. The van der Waals surface area contributed by atoms with Crippen LogP contribution < -0.4 is 5.73 Å². The quantitative estimate of drug-likeness (QED) is 0.839. The number of hydrogen-bond donors (Lipinski definition) is 1. The summed E-state index contributed by atoms with van der Waals surface area (Å²) in [5.74, 6) is 2.53. The Morgan fingerprint density at radius 1 is 1.20 bits per heavy atom. The molecule has 0 atom stereocenters. The number of anilines is 1. The van der Waals surface area contributed by atoms with Gasteiger partial charge in [0.1, 0.15) is 0 Å². The summed E-state index contributed by atoms with van der Waals surface area (Å²) in [7, 11) is 0. The molecule has 0 bridgehead atoms. The zero-order valence-electron chi connectivity index (χ0n) is 11.5. The second-order valence-corrected chi connectivity index (χ2v) is 6.12. The standard InChI is InChI=1S/C15H18ClN3O/c1-9-2-4-10(5-3-9)14-18-15(20-19-14)11-6-12(16)8-13(17)7-11/h6-10H,2-5,17H2,1H3. The van der Waals surface area contributed by atoms with Crippen LogP contribution in [0.25, 0.3) is 11.5 Å². The Labute approximate surface area is 123 Å². The Kier molecular flexibility index (Phi) is 3.66. The van der Waals surface area contributed by atoms with Gasteiger partial charge in [0, 0.05) is 22.2 Å². The molecule has 1 fully saturated rings. The minimum absolute atomic E-state index is 0.417. The van der Waals surface area contributed by atoms with E-state index in [-0.39, 0.29) is 0 Å². The van der Waals surface area contributed by atoms with E-state index in [0.29, 0.717) is 22.5 Å². The molecule has 4 nitrogen and oxygen atoms in total. The van der Waals surface area contributed by atoms with Crippen molar-refractivity contribution in [3.63, 3.8) is 0 Å². The van der Waals surface area contributed by atoms with Crippen molar-refractivity contribution in [2.24, 2.45) is 5.92 Å². The maximum Gasteiger partial charge on any atom is 0.258 e. The zero-order chi connectivity index (χ0) is 14.1. The third-order valence-corrected chi connectivity index (χ3v) is 4.21. The number of nitrogens with two attached hydrogens (primary N) is 1. The molecule has 0 amide bonds. The molecule has 0 spiro atoms. The first-order valence-electron chi connectivity index (χ1n) is 7.02. The van der Waals surface area contributed by atoms with Gasteiger partial charge in [-0.15, -0.1) is 0 Å². The van der Waals surface area contributed by atoms with Crippen LogP contribution in [0.4, 0.5) is 5.69 Å². The van der Waals surface area contributed by atoms with Crippen LogP contribution in [0.5, 0.6) is 0 Å². The summed E-state index contributed by atoms with van der Waals surface area (Å²) in [6, 6.07) is 5.29. The number of benzene rings is 1. The molecule has 2 N–H and O–H groups in total. The largest absolute Gasteiger partial charge is 0.399 e. The highest BCUT2D eigenvalue weighted by molar-refractivity contribution is 6.31. The van der Waals surface area contributed by atoms with Crippen molar-refractivity contribution in [2.75, 3.05) is 5.73 Å². The van der Waals surface area contributed by atoms with Crippen molar-refractivity contribution in [3.8, 4) is 11.5 Å². The van der Waals surface area contributed by atoms with E-state index in [1.54, 1.807) is 18.2 Å². The van der Waals surface area contributed by atoms with E-state index in [0.717, 1.165) is 30.1 Å². The summed E-state index contributed by atoms with van der Waals surface area (Å²) in [4.78, 5) is 4.52. The van der Waals surface area contributed by atoms with Gasteiger partial charge in [0.15, 0.2) is 5.82 Å². The van der Waals surface area contributed by atoms with Gasteiger partial charge in [-0.25, -0.2) is 0 Å². The van der Waals surface area contributed by atoms with E-state index in [9.17, 15) is 0 Å². The van der Waals surface area contributed by atoms with Crippen LogP contribution in [0.2, 0.25) is 5.02 Å².